The second-order valence-electron chi connectivity index (χ2n) is 5.21. The molecule has 2 rings (SSSR count). The fraction of sp³-hybridized carbons (Fsp3) is 0.643. The van der Waals surface area contributed by atoms with E-state index >= 15 is 0 Å². The Kier molecular flexibility index (Phi) is 5.73. The SMILES string of the molecule is CC1CCCCN1CCCNc1ncnc(Cl)c1C=O. The third-order valence-electron chi connectivity index (χ3n) is 3.81. The Morgan fingerprint density at radius 3 is 3.10 bits per heavy atom. The lowest BCUT2D eigenvalue weighted by Crippen LogP contribution is -2.38. The number of nitrogens with zero attached hydrogens (tertiary/aromatic N) is 3. The first-order chi connectivity index (χ1) is 9.72. The maximum Gasteiger partial charge on any atom is 0.156 e. The quantitative estimate of drug-likeness (QED) is 0.497. The van der Waals surface area contributed by atoms with Crippen LogP contribution in [0.4, 0.5) is 5.82 Å². The highest BCUT2D eigenvalue weighted by atomic mass is 35.5. The lowest BCUT2D eigenvalue weighted by molar-refractivity contribution is 0.112. The summed E-state index contributed by atoms with van der Waals surface area (Å²) >= 11 is 5.85. The van der Waals surface area contributed by atoms with Gasteiger partial charge in [-0.1, -0.05) is 18.0 Å². The molecule has 1 aromatic rings. The first kappa shape index (κ1) is 15.2. The molecule has 1 fully saturated rings. The Hall–Kier alpha value is -1.20. The van der Waals surface area contributed by atoms with Crippen LogP contribution in [-0.4, -0.2) is 46.8 Å². The van der Waals surface area contributed by atoms with E-state index in [-0.39, 0.29) is 5.15 Å². The predicted octanol–water partition coefficient (Wildman–Crippen LogP) is 2.62. The summed E-state index contributed by atoms with van der Waals surface area (Å²) in [6, 6.07) is 0.683. The normalized spacial score (nSPS) is 19.8. The summed E-state index contributed by atoms with van der Waals surface area (Å²) in [5, 5.41) is 3.36. The molecular formula is C14H21ClN4O. The van der Waals surface area contributed by atoms with Crippen molar-refractivity contribution in [2.45, 2.75) is 38.6 Å². The molecule has 1 aromatic heterocycles. The molecule has 6 heteroatoms. The predicted molar refractivity (Wildman–Crippen MR) is 80.4 cm³/mol. The first-order valence-electron chi connectivity index (χ1n) is 7.16. The van der Waals surface area contributed by atoms with Crippen LogP contribution >= 0.6 is 11.6 Å². The molecule has 1 saturated heterocycles. The van der Waals surface area contributed by atoms with Gasteiger partial charge in [0.1, 0.15) is 17.3 Å². The van der Waals surface area contributed by atoms with E-state index in [0.29, 0.717) is 23.7 Å². The molecule has 0 saturated carbocycles. The van der Waals surface area contributed by atoms with Gasteiger partial charge in [-0.05, 0) is 32.7 Å². The van der Waals surface area contributed by atoms with E-state index < -0.39 is 0 Å². The highest BCUT2D eigenvalue weighted by Gasteiger charge is 2.17. The van der Waals surface area contributed by atoms with E-state index in [1.165, 1.54) is 32.1 Å². The van der Waals surface area contributed by atoms with Crippen molar-refractivity contribution in [1.29, 1.82) is 0 Å². The number of halogens is 1. The van der Waals surface area contributed by atoms with Gasteiger partial charge < -0.3 is 10.2 Å². The van der Waals surface area contributed by atoms with E-state index in [9.17, 15) is 4.79 Å². The summed E-state index contributed by atoms with van der Waals surface area (Å²) in [6.45, 7) is 5.34. The summed E-state index contributed by atoms with van der Waals surface area (Å²) in [4.78, 5) is 21.3. The van der Waals surface area contributed by atoms with Crippen LogP contribution < -0.4 is 5.32 Å². The summed E-state index contributed by atoms with van der Waals surface area (Å²) in [7, 11) is 0. The van der Waals surface area contributed by atoms with E-state index in [1.807, 2.05) is 0 Å². The standard InChI is InChI=1S/C14H21ClN4O/c1-11-5-2-3-7-19(11)8-4-6-16-14-12(9-20)13(15)17-10-18-14/h9-11H,2-8H2,1H3,(H,16,17,18). The van der Waals surface area contributed by atoms with Gasteiger partial charge in [0.2, 0.25) is 0 Å². The van der Waals surface area contributed by atoms with Gasteiger partial charge in [0.15, 0.2) is 6.29 Å². The smallest absolute Gasteiger partial charge is 0.156 e. The van der Waals surface area contributed by atoms with Crippen molar-refractivity contribution in [3.63, 3.8) is 0 Å². The minimum Gasteiger partial charge on any atom is -0.369 e. The van der Waals surface area contributed by atoms with E-state index in [1.54, 1.807) is 0 Å². The number of anilines is 1. The molecule has 2 heterocycles. The number of hydrogen-bond donors (Lipinski definition) is 1. The highest BCUT2D eigenvalue weighted by Crippen LogP contribution is 2.18. The number of rotatable bonds is 6. The number of piperidine rings is 1. The van der Waals surface area contributed by atoms with Gasteiger partial charge in [-0.3, -0.25) is 4.79 Å². The number of aldehydes is 1. The van der Waals surface area contributed by atoms with Crippen molar-refractivity contribution in [2.75, 3.05) is 25.0 Å². The molecule has 0 aromatic carbocycles. The summed E-state index contributed by atoms with van der Waals surface area (Å²) in [5.74, 6) is 0.520. The molecule has 20 heavy (non-hydrogen) atoms. The molecule has 0 aliphatic carbocycles. The van der Waals surface area contributed by atoms with Crippen LogP contribution in [0.2, 0.25) is 5.15 Å². The molecular weight excluding hydrogens is 276 g/mol. The second kappa shape index (κ2) is 7.55. The lowest BCUT2D eigenvalue weighted by atomic mass is 10.0. The van der Waals surface area contributed by atoms with Gasteiger partial charge in [0.05, 0.1) is 5.56 Å². The fourth-order valence-corrected chi connectivity index (χ4v) is 2.78. The van der Waals surface area contributed by atoms with Crippen molar-refractivity contribution in [3.8, 4) is 0 Å². The molecule has 1 aliphatic heterocycles. The minimum atomic E-state index is 0.196. The monoisotopic (exact) mass is 296 g/mol. The number of nitrogens with one attached hydrogen (secondary N) is 1. The van der Waals surface area contributed by atoms with Crippen LogP contribution in [0.15, 0.2) is 6.33 Å². The van der Waals surface area contributed by atoms with Gasteiger partial charge in [-0.25, -0.2) is 9.97 Å². The number of carbonyl (C=O) groups excluding carboxylic acids is 1. The van der Waals surface area contributed by atoms with Crippen LogP contribution in [0.3, 0.4) is 0 Å². The molecule has 1 aliphatic rings. The van der Waals surface area contributed by atoms with Crippen LogP contribution in [0.1, 0.15) is 43.0 Å². The molecule has 5 nitrogen and oxygen atoms in total. The molecule has 0 radical (unpaired) electrons. The van der Waals surface area contributed by atoms with Gasteiger partial charge >= 0.3 is 0 Å². The maximum atomic E-state index is 11.0. The Morgan fingerprint density at radius 2 is 2.35 bits per heavy atom. The molecule has 1 atom stereocenters. The molecule has 0 spiro atoms. The molecule has 0 amide bonds. The van der Waals surface area contributed by atoms with Gasteiger partial charge in [-0.15, -0.1) is 0 Å². The number of likely N-dealkylation sites (tertiary alicyclic amines) is 1. The Balaban J connectivity index is 1.78. The second-order valence-corrected chi connectivity index (χ2v) is 5.56. The van der Waals surface area contributed by atoms with Crippen LogP contribution in [0.25, 0.3) is 0 Å². The highest BCUT2D eigenvalue weighted by molar-refractivity contribution is 6.32. The lowest BCUT2D eigenvalue weighted by Gasteiger charge is -2.33. The third kappa shape index (κ3) is 3.90. The topological polar surface area (TPSA) is 58.1 Å². The van der Waals surface area contributed by atoms with E-state index in [2.05, 4.69) is 27.1 Å². The van der Waals surface area contributed by atoms with Crippen LogP contribution in [0.5, 0.6) is 0 Å². The largest absolute Gasteiger partial charge is 0.369 e. The number of aromatic nitrogens is 2. The Morgan fingerprint density at radius 1 is 1.50 bits per heavy atom. The van der Waals surface area contributed by atoms with Crippen molar-refractivity contribution in [3.05, 3.63) is 17.0 Å². The minimum absolute atomic E-state index is 0.196. The van der Waals surface area contributed by atoms with Crippen molar-refractivity contribution >= 4 is 23.7 Å². The molecule has 1 N–H and O–H groups in total. The zero-order valence-corrected chi connectivity index (χ0v) is 12.6. The van der Waals surface area contributed by atoms with E-state index in [0.717, 1.165) is 19.5 Å². The summed E-state index contributed by atoms with van der Waals surface area (Å²) in [6.07, 6.45) is 7.02. The van der Waals surface area contributed by atoms with E-state index in [4.69, 9.17) is 11.6 Å². The Labute approximate surface area is 124 Å². The Bertz CT molecular complexity index is 455. The van der Waals surface area contributed by atoms with Gasteiger partial charge in [-0.2, -0.15) is 0 Å². The molecule has 110 valence electrons. The summed E-state index contributed by atoms with van der Waals surface area (Å²) < 4.78 is 0. The van der Waals surface area contributed by atoms with Crippen molar-refractivity contribution in [1.82, 2.24) is 14.9 Å². The summed E-state index contributed by atoms with van der Waals surface area (Å²) in [5.41, 5.74) is 0.334. The zero-order chi connectivity index (χ0) is 14.4. The third-order valence-corrected chi connectivity index (χ3v) is 4.11. The molecule has 0 bridgehead atoms. The number of hydrogen-bond acceptors (Lipinski definition) is 5. The molecule has 1 unspecified atom stereocenters. The fourth-order valence-electron chi connectivity index (χ4n) is 2.60. The zero-order valence-electron chi connectivity index (χ0n) is 11.8. The average Bonchev–Trinajstić information content (AvgIpc) is 2.45. The van der Waals surface area contributed by atoms with Crippen LogP contribution in [0, 0.1) is 0 Å². The maximum absolute atomic E-state index is 11.0. The van der Waals surface area contributed by atoms with Crippen LogP contribution in [-0.2, 0) is 0 Å². The first-order valence-corrected chi connectivity index (χ1v) is 7.53. The number of carbonyl (C=O) groups is 1. The van der Waals surface area contributed by atoms with Crippen molar-refractivity contribution in [2.24, 2.45) is 0 Å². The van der Waals surface area contributed by atoms with Crippen molar-refractivity contribution < 1.29 is 4.79 Å². The average molecular weight is 297 g/mol. The van der Waals surface area contributed by atoms with Gasteiger partial charge in [0.25, 0.3) is 0 Å². The van der Waals surface area contributed by atoms with Gasteiger partial charge in [0, 0.05) is 19.1 Å².